The Labute approximate surface area is 161 Å². The molecule has 0 radical (unpaired) electrons. The average molecular weight is 371 g/mol. The fraction of sp³-hybridized carbons (Fsp3) is 0.182. The number of hydrogen-bond acceptors (Lipinski definition) is 5. The van der Waals surface area contributed by atoms with Gasteiger partial charge in [-0.3, -0.25) is 19.9 Å². The van der Waals surface area contributed by atoms with Crippen LogP contribution in [0, 0.1) is 10.1 Å². The second-order valence-corrected chi connectivity index (χ2v) is 7.16. The Bertz CT molecular complexity index is 1180. The number of hydrogen-bond donors (Lipinski definition) is 1. The Morgan fingerprint density at radius 3 is 2.86 bits per heavy atom. The van der Waals surface area contributed by atoms with Crippen LogP contribution < -0.4 is 5.32 Å². The van der Waals surface area contributed by atoms with Crippen LogP contribution in [0.4, 0.5) is 11.4 Å². The van der Waals surface area contributed by atoms with Gasteiger partial charge in [-0.2, -0.15) is 0 Å². The quantitative estimate of drug-likeness (QED) is 0.516. The van der Waals surface area contributed by atoms with Gasteiger partial charge in [-0.05, 0) is 42.2 Å². The predicted molar refractivity (Wildman–Crippen MR) is 107 cm³/mol. The summed E-state index contributed by atoms with van der Waals surface area (Å²) in [6, 6.07) is 14.0. The van der Waals surface area contributed by atoms with Crippen molar-refractivity contribution in [2.75, 3.05) is 5.32 Å². The van der Waals surface area contributed by atoms with E-state index in [0.29, 0.717) is 6.42 Å². The summed E-state index contributed by atoms with van der Waals surface area (Å²) in [6.07, 6.45) is 3.90. The van der Waals surface area contributed by atoms with E-state index in [-0.39, 0.29) is 17.5 Å². The van der Waals surface area contributed by atoms with Crippen molar-refractivity contribution in [2.45, 2.75) is 25.3 Å². The Morgan fingerprint density at radius 1 is 1.11 bits per heavy atom. The fourth-order valence-electron chi connectivity index (χ4n) is 4.35. The van der Waals surface area contributed by atoms with Crippen molar-refractivity contribution < 1.29 is 9.72 Å². The molecule has 1 atom stereocenters. The van der Waals surface area contributed by atoms with Crippen molar-refractivity contribution in [1.82, 2.24) is 4.98 Å². The molecule has 1 aliphatic carbocycles. The van der Waals surface area contributed by atoms with E-state index in [1.54, 1.807) is 18.3 Å². The summed E-state index contributed by atoms with van der Waals surface area (Å²) >= 11 is 0. The normalized spacial score (nSPS) is 18.4. The number of aromatic nitrogens is 1. The van der Waals surface area contributed by atoms with Gasteiger partial charge in [0.05, 0.1) is 16.5 Å². The van der Waals surface area contributed by atoms with Crippen molar-refractivity contribution in [3.05, 3.63) is 81.5 Å². The highest BCUT2D eigenvalue weighted by atomic mass is 16.6. The number of ketones is 1. The van der Waals surface area contributed by atoms with Gasteiger partial charge in [0.1, 0.15) is 0 Å². The third kappa shape index (κ3) is 2.49. The van der Waals surface area contributed by atoms with E-state index in [1.165, 1.54) is 6.07 Å². The van der Waals surface area contributed by atoms with E-state index in [4.69, 9.17) is 0 Å². The smallest absolute Gasteiger partial charge is 0.269 e. The van der Waals surface area contributed by atoms with E-state index in [0.717, 1.165) is 51.7 Å². The first-order valence-electron chi connectivity index (χ1n) is 9.29. The molecule has 0 amide bonds. The maximum Gasteiger partial charge on any atom is 0.269 e. The van der Waals surface area contributed by atoms with Crippen molar-refractivity contribution in [3.8, 4) is 0 Å². The van der Waals surface area contributed by atoms with Gasteiger partial charge in [0.15, 0.2) is 5.78 Å². The lowest BCUT2D eigenvalue weighted by Crippen LogP contribution is -2.27. The predicted octanol–water partition coefficient (Wildman–Crippen LogP) is 4.82. The molecule has 1 aliphatic heterocycles. The molecule has 0 fully saturated rings. The van der Waals surface area contributed by atoms with Gasteiger partial charge < -0.3 is 5.32 Å². The first-order valence-corrected chi connectivity index (χ1v) is 9.29. The number of nitro benzene ring substituents is 1. The first-order chi connectivity index (χ1) is 13.6. The van der Waals surface area contributed by atoms with E-state index < -0.39 is 4.92 Å². The molecule has 2 aromatic carbocycles. The molecule has 6 heteroatoms. The number of anilines is 1. The molecule has 6 nitrogen and oxygen atoms in total. The summed E-state index contributed by atoms with van der Waals surface area (Å²) in [5, 5.41) is 15.7. The number of rotatable bonds is 2. The highest BCUT2D eigenvalue weighted by molar-refractivity contribution is 6.12. The molecule has 0 saturated carbocycles. The van der Waals surface area contributed by atoms with Crippen LogP contribution in [0.5, 0.6) is 0 Å². The lowest BCUT2D eigenvalue weighted by Gasteiger charge is -2.35. The van der Waals surface area contributed by atoms with Gasteiger partial charge in [0, 0.05) is 47.0 Å². The SMILES string of the molecule is O=C1CCCC2=C1[C@H](c1cccc([N+](=O)[O-])c1)Nc1ccc3ncccc3c12. The van der Waals surface area contributed by atoms with E-state index in [2.05, 4.69) is 10.3 Å². The molecular weight excluding hydrogens is 354 g/mol. The molecule has 138 valence electrons. The highest BCUT2D eigenvalue weighted by Gasteiger charge is 2.35. The maximum atomic E-state index is 12.9. The van der Waals surface area contributed by atoms with E-state index in [1.807, 2.05) is 30.3 Å². The van der Waals surface area contributed by atoms with Crippen LogP contribution in [0.3, 0.4) is 0 Å². The van der Waals surface area contributed by atoms with Crippen molar-refractivity contribution in [3.63, 3.8) is 0 Å². The Balaban J connectivity index is 1.76. The van der Waals surface area contributed by atoms with Crippen molar-refractivity contribution >= 4 is 33.6 Å². The Hall–Kier alpha value is -3.54. The van der Waals surface area contributed by atoms with Gasteiger partial charge in [-0.25, -0.2) is 0 Å². The largest absolute Gasteiger partial charge is 0.373 e. The molecule has 2 heterocycles. The second kappa shape index (κ2) is 6.27. The zero-order chi connectivity index (χ0) is 19.3. The van der Waals surface area contributed by atoms with E-state index in [9.17, 15) is 14.9 Å². The summed E-state index contributed by atoms with van der Waals surface area (Å²) in [5.41, 5.74) is 5.39. The summed E-state index contributed by atoms with van der Waals surface area (Å²) in [7, 11) is 0. The number of fused-ring (bicyclic) bond motifs is 4. The first kappa shape index (κ1) is 16.6. The highest BCUT2D eigenvalue weighted by Crippen LogP contribution is 2.47. The number of allylic oxidation sites excluding steroid dienone is 1. The zero-order valence-corrected chi connectivity index (χ0v) is 15.0. The monoisotopic (exact) mass is 371 g/mol. The molecule has 0 bridgehead atoms. The fourth-order valence-corrected chi connectivity index (χ4v) is 4.35. The van der Waals surface area contributed by atoms with Gasteiger partial charge in [-0.15, -0.1) is 0 Å². The third-order valence-corrected chi connectivity index (χ3v) is 5.55. The minimum atomic E-state index is -0.405. The number of nitro groups is 1. The summed E-state index contributed by atoms with van der Waals surface area (Å²) in [5.74, 6) is 0.108. The number of Topliss-reactive ketones (excluding diaryl/α,β-unsaturated/α-hetero) is 1. The lowest BCUT2D eigenvalue weighted by atomic mass is 9.77. The molecule has 2 aliphatic rings. The minimum absolute atomic E-state index is 0.0261. The Morgan fingerprint density at radius 2 is 2.00 bits per heavy atom. The number of pyridine rings is 1. The number of carbonyl (C=O) groups excluding carboxylic acids is 1. The van der Waals surface area contributed by atoms with Crippen LogP contribution in [0.15, 0.2) is 60.3 Å². The topological polar surface area (TPSA) is 85.1 Å². The van der Waals surface area contributed by atoms with Crippen LogP contribution >= 0.6 is 0 Å². The molecule has 0 spiro atoms. The van der Waals surface area contributed by atoms with Crippen LogP contribution in [-0.4, -0.2) is 15.7 Å². The van der Waals surface area contributed by atoms with Crippen LogP contribution in [0.2, 0.25) is 0 Å². The molecule has 28 heavy (non-hydrogen) atoms. The number of carbonyl (C=O) groups is 1. The van der Waals surface area contributed by atoms with Gasteiger partial charge in [0.2, 0.25) is 0 Å². The zero-order valence-electron chi connectivity index (χ0n) is 15.0. The third-order valence-electron chi connectivity index (χ3n) is 5.55. The average Bonchev–Trinajstić information content (AvgIpc) is 2.73. The number of non-ortho nitro benzene ring substituents is 1. The number of nitrogens with zero attached hydrogens (tertiary/aromatic N) is 2. The molecule has 1 N–H and O–H groups in total. The summed E-state index contributed by atoms with van der Waals surface area (Å²) < 4.78 is 0. The summed E-state index contributed by atoms with van der Waals surface area (Å²) in [6.45, 7) is 0. The molecule has 5 rings (SSSR count). The molecule has 3 aromatic rings. The molecule has 0 saturated heterocycles. The Kier molecular flexibility index (Phi) is 3.72. The standard InChI is InChI=1S/C22H17N3O3/c26-19-8-2-6-16-20-15-7-3-11-23-17(15)9-10-18(20)24-22(21(16)19)13-4-1-5-14(12-13)25(27)28/h1,3-5,7,9-12,22,24H,2,6,8H2/t22-/m0/s1. The molecular formula is C22H17N3O3. The number of nitrogens with one attached hydrogen (secondary N) is 1. The molecule has 1 aromatic heterocycles. The minimum Gasteiger partial charge on any atom is -0.373 e. The van der Waals surface area contributed by atoms with Crippen LogP contribution in [0.1, 0.15) is 36.4 Å². The van der Waals surface area contributed by atoms with Gasteiger partial charge in [0.25, 0.3) is 5.69 Å². The van der Waals surface area contributed by atoms with Crippen molar-refractivity contribution in [1.29, 1.82) is 0 Å². The molecule has 0 unspecified atom stereocenters. The van der Waals surface area contributed by atoms with Gasteiger partial charge >= 0.3 is 0 Å². The van der Waals surface area contributed by atoms with Crippen LogP contribution in [0.25, 0.3) is 16.5 Å². The van der Waals surface area contributed by atoms with E-state index >= 15 is 0 Å². The number of benzene rings is 2. The van der Waals surface area contributed by atoms with Crippen LogP contribution in [-0.2, 0) is 4.79 Å². The lowest BCUT2D eigenvalue weighted by molar-refractivity contribution is -0.384. The van der Waals surface area contributed by atoms with Crippen molar-refractivity contribution in [2.24, 2.45) is 0 Å². The van der Waals surface area contributed by atoms with Gasteiger partial charge in [-0.1, -0.05) is 18.2 Å². The summed E-state index contributed by atoms with van der Waals surface area (Å²) in [4.78, 5) is 28.2. The maximum absolute atomic E-state index is 12.9. The second-order valence-electron chi connectivity index (χ2n) is 7.16.